The molecule has 0 unspecified atom stereocenters. The maximum Gasteiger partial charge on any atom is 0.272 e. The van der Waals surface area contributed by atoms with Gasteiger partial charge in [-0.25, -0.2) is 5.01 Å². The predicted octanol–water partition coefficient (Wildman–Crippen LogP) is 0.667. The Morgan fingerprint density at radius 3 is 2.69 bits per heavy atom. The number of carbonyl (C=O) groups excluding carboxylic acids is 1. The molecule has 0 fully saturated rings. The Bertz CT molecular complexity index is 353. The van der Waals surface area contributed by atoms with Crippen molar-refractivity contribution in [2.45, 2.75) is 0 Å². The number of hydrazine groups is 1. The first-order valence-corrected chi connectivity index (χ1v) is 4.85. The summed E-state index contributed by atoms with van der Waals surface area (Å²) in [6.07, 6.45) is 0. The van der Waals surface area contributed by atoms with Crippen molar-refractivity contribution in [3.63, 3.8) is 0 Å². The Morgan fingerprint density at radius 2 is 2.06 bits per heavy atom. The van der Waals surface area contributed by atoms with Crippen LogP contribution >= 0.6 is 0 Å². The van der Waals surface area contributed by atoms with Crippen LogP contribution in [-0.4, -0.2) is 38.7 Å². The summed E-state index contributed by atoms with van der Waals surface area (Å²) in [5, 5.41) is 1.57. The molecule has 0 saturated carbocycles. The van der Waals surface area contributed by atoms with Gasteiger partial charge in [-0.2, -0.15) is 0 Å². The molecule has 0 bridgehead atoms. The first-order valence-electron chi connectivity index (χ1n) is 4.85. The molecule has 1 rings (SSSR count). The summed E-state index contributed by atoms with van der Waals surface area (Å²) < 4.78 is 10.3. The fourth-order valence-corrected chi connectivity index (χ4v) is 1.12. The highest BCUT2D eigenvalue weighted by atomic mass is 16.5. The molecule has 1 amide bonds. The van der Waals surface area contributed by atoms with Crippen molar-refractivity contribution in [1.82, 2.24) is 10.4 Å². The van der Waals surface area contributed by atoms with Gasteiger partial charge in [0.05, 0.1) is 7.11 Å². The number of ether oxygens (including phenoxy) is 2. The number of carbonyl (C=O) groups is 1. The Labute approximate surface area is 94.9 Å². The summed E-state index contributed by atoms with van der Waals surface area (Å²) in [4.78, 5) is 11.3. The first kappa shape index (κ1) is 12.3. The van der Waals surface area contributed by atoms with Gasteiger partial charge in [-0.1, -0.05) is 6.07 Å². The van der Waals surface area contributed by atoms with E-state index in [0.717, 1.165) is 0 Å². The van der Waals surface area contributed by atoms with Crippen LogP contribution in [0.25, 0.3) is 0 Å². The van der Waals surface area contributed by atoms with E-state index in [9.17, 15) is 4.79 Å². The highest BCUT2D eigenvalue weighted by Gasteiger charge is 2.03. The van der Waals surface area contributed by atoms with E-state index in [1.54, 1.807) is 44.4 Å². The lowest BCUT2D eigenvalue weighted by molar-refractivity contribution is -0.126. The molecule has 0 aliphatic heterocycles. The van der Waals surface area contributed by atoms with E-state index in [1.165, 1.54) is 0 Å². The van der Waals surface area contributed by atoms with Gasteiger partial charge >= 0.3 is 0 Å². The second kappa shape index (κ2) is 5.97. The minimum Gasteiger partial charge on any atom is -0.497 e. The number of methoxy groups -OCH3 is 1. The lowest BCUT2D eigenvalue weighted by atomic mass is 10.3. The molecule has 0 saturated heterocycles. The van der Waals surface area contributed by atoms with Gasteiger partial charge in [0.1, 0.15) is 11.5 Å². The molecule has 0 radical (unpaired) electrons. The molecule has 0 spiro atoms. The maximum atomic E-state index is 11.3. The Balaban J connectivity index is 2.45. The largest absolute Gasteiger partial charge is 0.497 e. The topological polar surface area (TPSA) is 50.8 Å². The number of nitrogens with zero attached hydrogens (tertiary/aromatic N) is 1. The number of hydrogen-bond acceptors (Lipinski definition) is 4. The van der Waals surface area contributed by atoms with Gasteiger partial charge in [-0.15, -0.1) is 0 Å². The summed E-state index contributed by atoms with van der Waals surface area (Å²) in [6.45, 7) is -0.0225. The molecule has 5 nitrogen and oxygen atoms in total. The number of benzene rings is 1. The van der Waals surface area contributed by atoms with Gasteiger partial charge in [-0.05, 0) is 12.1 Å². The Morgan fingerprint density at radius 1 is 1.38 bits per heavy atom. The highest BCUT2D eigenvalue weighted by molar-refractivity contribution is 5.76. The van der Waals surface area contributed by atoms with Crippen LogP contribution in [0.4, 0.5) is 0 Å². The van der Waals surface area contributed by atoms with Crippen molar-refractivity contribution in [1.29, 1.82) is 0 Å². The van der Waals surface area contributed by atoms with Crippen LogP contribution in [0.2, 0.25) is 0 Å². The monoisotopic (exact) mass is 224 g/mol. The van der Waals surface area contributed by atoms with E-state index in [1.807, 2.05) is 6.07 Å². The number of hydrogen-bond donors (Lipinski definition) is 1. The summed E-state index contributed by atoms with van der Waals surface area (Å²) in [7, 11) is 5.06. The van der Waals surface area contributed by atoms with Crippen molar-refractivity contribution in [2.24, 2.45) is 0 Å². The molecule has 0 aliphatic rings. The maximum absolute atomic E-state index is 11.3. The standard InChI is InChI=1S/C11H16N2O3/c1-13(2)12-11(14)8-16-10-6-4-5-9(7-10)15-3/h4-7H,8H2,1-3H3,(H,12,14). The van der Waals surface area contributed by atoms with Crippen molar-refractivity contribution < 1.29 is 14.3 Å². The third-order valence-electron chi connectivity index (χ3n) is 1.76. The molecular weight excluding hydrogens is 208 g/mol. The van der Waals surface area contributed by atoms with Crippen LogP contribution in [0.1, 0.15) is 0 Å². The van der Waals surface area contributed by atoms with Gasteiger partial charge in [0.25, 0.3) is 5.91 Å². The molecule has 5 heteroatoms. The van der Waals surface area contributed by atoms with Crippen LogP contribution < -0.4 is 14.9 Å². The van der Waals surface area contributed by atoms with E-state index in [2.05, 4.69) is 5.43 Å². The zero-order chi connectivity index (χ0) is 12.0. The van der Waals surface area contributed by atoms with Gasteiger partial charge in [0.15, 0.2) is 6.61 Å². The van der Waals surface area contributed by atoms with Crippen molar-refractivity contribution in [2.75, 3.05) is 27.8 Å². The highest BCUT2D eigenvalue weighted by Crippen LogP contribution is 2.18. The fraction of sp³-hybridized carbons (Fsp3) is 0.364. The molecule has 1 aromatic rings. The molecule has 1 N–H and O–H groups in total. The van der Waals surface area contributed by atoms with Crippen LogP contribution in [0.5, 0.6) is 11.5 Å². The molecule has 1 aromatic carbocycles. The third-order valence-corrected chi connectivity index (χ3v) is 1.76. The number of nitrogens with one attached hydrogen (secondary N) is 1. The molecule has 0 aromatic heterocycles. The van der Waals surface area contributed by atoms with Crippen molar-refractivity contribution >= 4 is 5.91 Å². The normalized spacial score (nSPS) is 10.0. The van der Waals surface area contributed by atoms with Gasteiger partial charge in [0.2, 0.25) is 0 Å². The summed E-state index contributed by atoms with van der Waals surface area (Å²) in [6, 6.07) is 7.11. The zero-order valence-corrected chi connectivity index (χ0v) is 9.69. The fourth-order valence-electron chi connectivity index (χ4n) is 1.12. The molecule has 16 heavy (non-hydrogen) atoms. The van der Waals surface area contributed by atoms with Crippen LogP contribution in [0.3, 0.4) is 0 Å². The third kappa shape index (κ3) is 4.18. The van der Waals surface area contributed by atoms with Gasteiger partial charge in [0, 0.05) is 20.2 Å². The first-order chi connectivity index (χ1) is 7.61. The van der Waals surface area contributed by atoms with E-state index in [0.29, 0.717) is 11.5 Å². The van der Waals surface area contributed by atoms with Crippen LogP contribution in [0.15, 0.2) is 24.3 Å². The van der Waals surface area contributed by atoms with E-state index >= 15 is 0 Å². The molecule has 0 atom stereocenters. The summed E-state index contributed by atoms with van der Waals surface area (Å²) in [5.41, 5.74) is 2.58. The Kier molecular flexibility index (Phi) is 4.60. The minimum absolute atomic E-state index is 0.0225. The van der Waals surface area contributed by atoms with Crippen LogP contribution in [0, 0.1) is 0 Å². The average molecular weight is 224 g/mol. The molecular formula is C11H16N2O3. The molecule has 88 valence electrons. The lowest BCUT2D eigenvalue weighted by Crippen LogP contribution is -2.39. The lowest BCUT2D eigenvalue weighted by Gasteiger charge is -2.12. The molecule has 0 aliphatic carbocycles. The molecule has 0 heterocycles. The summed E-state index contributed by atoms with van der Waals surface area (Å²) >= 11 is 0. The minimum atomic E-state index is -0.201. The second-order valence-corrected chi connectivity index (χ2v) is 3.40. The van der Waals surface area contributed by atoms with E-state index < -0.39 is 0 Å². The predicted molar refractivity (Wildman–Crippen MR) is 60.3 cm³/mol. The van der Waals surface area contributed by atoms with Crippen molar-refractivity contribution in [3.8, 4) is 11.5 Å². The van der Waals surface area contributed by atoms with Crippen LogP contribution in [-0.2, 0) is 4.79 Å². The summed E-state index contributed by atoms with van der Waals surface area (Å²) in [5.74, 6) is 1.10. The Hall–Kier alpha value is -1.75. The van der Waals surface area contributed by atoms with E-state index in [4.69, 9.17) is 9.47 Å². The quantitative estimate of drug-likeness (QED) is 0.747. The number of rotatable bonds is 5. The SMILES string of the molecule is COc1cccc(OCC(=O)NN(C)C)c1. The average Bonchev–Trinajstić information content (AvgIpc) is 2.26. The van der Waals surface area contributed by atoms with Crippen molar-refractivity contribution in [3.05, 3.63) is 24.3 Å². The van der Waals surface area contributed by atoms with Gasteiger partial charge < -0.3 is 9.47 Å². The zero-order valence-electron chi connectivity index (χ0n) is 9.69. The smallest absolute Gasteiger partial charge is 0.272 e. The van der Waals surface area contributed by atoms with E-state index in [-0.39, 0.29) is 12.5 Å². The van der Waals surface area contributed by atoms with Gasteiger partial charge in [-0.3, -0.25) is 10.2 Å². The second-order valence-electron chi connectivity index (χ2n) is 3.40. The number of amides is 1.